The van der Waals surface area contributed by atoms with Gasteiger partial charge in [-0.3, -0.25) is 4.79 Å². The third kappa shape index (κ3) is 3.30. The van der Waals surface area contributed by atoms with Crippen molar-refractivity contribution in [2.45, 2.75) is 6.18 Å². The Morgan fingerprint density at radius 2 is 1.56 bits per heavy atom. The number of alkyl halides is 3. The molecule has 8 heteroatoms. The highest BCUT2D eigenvalue weighted by Gasteiger charge is 2.38. The lowest BCUT2D eigenvalue weighted by atomic mass is 10.1. The summed E-state index contributed by atoms with van der Waals surface area (Å²) in [6, 6.07) is 4.59. The quantitative estimate of drug-likeness (QED) is 0.616. The van der Waals surface area contributed by atoms with E-state index in [0.29, 0.717) is 0 Å². The van der Waals surface area contributed by atoms with Gasteiger partial charge >= 0.3 is 18.1 Å². The lowest BCUT2D eigenvalue weighted by Crippen LogP contribution is -2.25. The molecule has 0 atom stereocenters. The number of nitrogens with zero attached hydrogens (tertiary/aromatic N) is 1. The first kappa shape index (κ1) is 13.7. The number of rotatable bonds is 2. The Kier molecular flexibility index (Phi) is 3.70. The Hall–Kier alpha value is -2.38. The van der Waals surface area contributed by atoms with Crippen LogP contribution in [0.25, 0.3) is 0 Å². The van der Waals surface area contributed by atoms with Crippen LogP contribution in [0.2, 0.25) is 0 Å². The van der Waals surface area contributed by atoms with E-state index >= 15 is 0 Å². The third-order valence-electron chi connectivity index (χ3n) is 1.89. The number of carboxylic acids is 1. The molecular weight excluding hydrogens is 253 g/mol. The summed E-state index contributed by atoms with van der Waals surface area (Å²) in [5.41, 5.74) is 5.16. The second kappa shape index (κ2) is 4.86. The molecule has 0 bridgehead atoms. The largest absolute Gasteiger partial charge is 0.478 e. The van der Waals surface area contributed by atoms with Crippen LogP contribution in [0.1, 0.15) is 15.9 Å². The Bertz CT molecular complexity index is 506. The van der Waals surface area contributed by atoms with Crippen molar-refractivity contribution in [3.8, 4) is 0 Å². The first-order valence-electron chi connectivity index (χ1n) is 4.51. The smallest absolute Gasteiger partial charge is 0.473 e. The topological polar surface area (TPSA) is 92.8 Å². The van der Waals surface area contributed by atoms with Gasteiger partial charge < -0.3 is 10.8 Å². The minimum absolute atomic E-state index is 0.0256. The van der Waals surface area contributed by atoms with Gasteiger partial charge in [0, 0.05) is 5.56 Å². The van der Waals surface area contributed by atoms with E-state index < -0.39 is 23.9 Å². The zero-order chi connectivity index (χ0) is 13.9. The lowest BCUT2D eigenvalue weighted by molar-refractivity contribution is -0.169. The fourth-order valence-electron chi connectivity index (χ4n) is 1.02. The molecule has 0 aliphatic rings. The molecule has 1 aromatic carbocycles. The van der Waals surface area contributed by atoms with Gasteiger partial charge in [-0.25, -0.2) is 4.79 Å². The number of amidine groups is 1. The molecule has 1 rings (SSSR count). The molecule has 0 radical (unpaired) electrons. The summed E-state index contributed by atoms with van der Waals surface area (Å²) in [6.45, 7) is 0. The minimum Gasteiger partial charge on any atom is -0.478 e. The van der Waals surface area contributed by atoms with E-state index in [1.807, 2.05) is 0 Å². The van der Waals surface area contributed by atoms with E-state index in [1.54, 1.807) is 0 Å². The monoisotopic (exact) mass is 260 g/mol. The SMILES string of the molecule is NC(=NC(=O)C(F)(F)F)c1ccc(C(=O)O)cc1. The van der Waals surface area contributed by atoms with Gasteiger partial charge in [-0.15, -0.1) is 0 Å². The predicted molar refractivity (Wildman–Crippen MR) is 55.2 cm³/mol. The van der Waals surface area contributed by atoms with Crippen LogP contribution in [-0.2, 0) is 4.79 Å². The van der Waals surface area contributed by atoms with Gasteiger partial charge in [0.25, 0.3) is 0 Å². The number of benzene rings is 1. The van der Waals surface area contributed by atoms with Crippen LogP contribution in [0.3, 0.4) is 0 Å². The number of amides is 1. The Morgan fingerprint density at radius 3 is 1.94 bits per heavy atom. The third-order valence-corrected chi connectivity index (χ3v) is 1.89. The molecule has 0 fully saturated rings. The van der Waals surface area contributed by atoms with Crippen LogP contribution < -0.4 is 5.73 Å². The molecule has 18 heavy (non-hydrogen) atoms. The van der Waals surface area contributed by atoms with Crippen molar-refractivity contribution in [2.75, 3.05) is 0 Å². The molecule has 0 aliphatic heterocycles. The van der Waals surface area contributed by atoms with Gasteiger partial charge in [0.1, 0.15) is 5.84 Å². The number of halogens is 3. The first-order chi connectivity index (χ1) is 8.21. The van der Waals surface area contributed by atoms with Gasteiger partial charge in [0.05, 0.1) is 5.56 Å². The number of hydrogen-bond donors (Lipinski definition) is 2. The van der Waals surface area contributed by atoms with Gasteiger partial charge in [0.15, 0.2) is 0 Å². The summed E-state index contributed by atoms with van der Waals surface area (Å²) in [5, 5.41) is 8.60. The number of hydrogen-bond acceptors (Lipinski definition) is 2. The van der Waals surface area contributed by atoms with E-state index in [1.165, 1.54) is 0 Å². The van der Waals surface area contributed by atoms with Gasteiger partial charge in [-0.2, -0.15) is 18.2 Å². The molecule has 96 valence electrons. The van der Waals surface area contributed by atoms with E-state index in [4.69, 9.17) is 10.8 Å². The molecule has 1 amide bonds. The number of carboxylic acid groups (broad SMARTS) is 1. The van der Waals surface area contributed by atoms with E-state index in [2.05, 4.69) is 4.99 Å². The summed E-state index contributed by atoms with van der Waals surface area (Å²) >= 11 is 0. The number of aliphatic imine (C=N–C) groups is 1. The molecule has 1 aromatic rings. The molecule has 0 saturated carbocycles. The van der Waals surface area contributed by atoms with Crippen LogP contribution in [-0.4, -0.2) is 29.0 Å². The zero-order valence-electron chi connectivity index (χ0n) is 8.73. The van der Waals surface area contributed by atoms with E-state index in [-0.39, 0.29) is 11.1 Å². The van der Waals surface area contributed by atoms with Crippen LogP contribution in [0, 0.1) is 0 Å². The van der Waals surface area contributed by atoms with Crippen molar-refractivity contribution >= 4 is 17.7 Å². The molecule has 0 aliphatic carbocycles. The normalized spacial score (nSPS) is 12.3. The van der Waals surface area contributed by atoms with Crippen LogP contribution >= 0.6 is 0 Å². The molecule has 0 heterocycles. The van der Waals surface area contributed by atoms with Gasteiger partial charge in [-0.05, 0) is 12.1 Å². The van der Waals surface area contributed by atoms with Crippen LogP contribution in [0.5, 0.6) is 0 Å². The fourth-order valence-corrected chi connectivity index (χ4v) is 1.02. The Labute approximate surface area is 98.7 Å². The average molecular weight is 260 g/mol. The summed E-state index contributed by atoms with van der Waals surface area (Å²) in [6.07, 6.45) is -5.09. The molecule has 3 N–H and O–H groups in total. The maximum absolute atomic E-state index is 11.9. The molecule has 5 nitrogen and oxygen atoms in total. The molecule has 0 unspecified atom stereocenters. The lowest BCUT2D eigenvalue weighted by Gasteiger charge is -2.03. The highest BCUT2D eigenvalue weighted by atomic mass is 19.4. The van der Waals surface area contributed by atoms with E-state index in [9.17, 15) is 22.8 Å². The van der Waals surface area contributed by atoms with Crippen molar-refractivity contribution in [1.82, 2.24) is 0 Å². The van der Waals surface area contributed by atoms with Gasteiger partial charge in [0.2, 0.25) is 0 Å². The summed E-state index contributed by atoms with van der Waals surface area (Å²) in [5.74, 6) is -4.14. The minimum atomic E-state index is -5.09. The van der Waals surface area contributed by atoms with Crippen LogP contribution in [0.15, 0.2) is 29.3 Å². The zero-order valence-corrected chi connectivity index (χ0v) is 8.73. The standard InChI is InChI=1S/C10H7F3N2O3/c11-10(12,13)9(18)15-7(14)5-1-3-6(4-2-5)8(16)17/h1-4H,(H,16,17)(H2,14,15,18). The van der Waals surface area contributed by atoms with Crippen molar-refractivity contribution < 1.29 is 27.9 Å². The number of aromatic carboxylic acids is 1. The second-order valence-electron chi connectivity index (χ2n) is 3.18. The summed E-state index contributed by atoms with van der Waals surface area (Å²) < 4.78 is 35.7. The molecular formula is C10H7F3N2O3. The number of carbonyl (C=O) groups is 2. The van der Waals surface area contributed by atoms with Crippen molar-refractivity contribution in [1.29, 1.82) is 0 Å². The maximum atomic E-state index is 11.9. The molecule has 0 spiro atoms. The summed E-state index contributed by atoms with van der Waals surface area (Å²) in [7, 11) is 0. The van der Waals surface area contributed by atoms with E-state index in [0.717, 1.165) is 24.3 Å². The van der Waals surface area contributed by atoms with Crippen molar-refractivity contribution in [3.63, 3.8) is 0 Å². The molecule has 0 saturated heterocycles. The predicted octanol–water partition coefficient (Wildman–Crippen LogP) is 1.18. The van der Waals surface area contributed by atoms with Crippen molar-refractivity contribution in [2.24, 2.45) is 10.7 Å². The summed E-state index contributed by atoms with van der Waals surface area (Å²) in [4.78, 5) is 23.7. The first-order valence-corrected chi connectivity index (χ1v) is 4.51. The highest BCUT2D eigenvalue weighted by Crippen LogP contribution is 2.16. The number of carbonyl (C=O) groups excluding carboxylic acids is 1. The Balaban J connectivity index is 2.98. The second-order valence-corrected chi connectivity index (χ2v) is 3.18. The Morgan fingerprint density at radius 1 is 1.11 bits per heavy atom. The maximum Gasteiger partial charge on any atom is 0.473 e. The fraction of sp³-hybridized carbons (Fsp3) is 0.100. The number of nitrogens with two attached hydrogens (primary N) is 1. The highest BCUT2D eigenvalue weighted by molar-refractivity contribution is 6.05. The molecule has 0 aromatic heterocycles. The average Bonchev–Trinajstić information content (AvgIpc) is 2.27. The van der Waals surface area contributed by atoms with Gasteiger partial charge in [-0.1, -0.05) is 12.1 Å². The van der Waals surface area contributed by atoms with Crippen molar-refractivity contribution in [3.05, 3.63) is 35.4 Å². The van der Waals surface area contributed by atoms with Crippen LogP contribution in [0.4, 0.5) is 13.2 Å².